The second-order valence-corrected chi connectivity index (χ2v) is 5.17. The first kappa shape index (κ1) is 12.2. The number of thiophene rings is 1. The summed E-state index contributed by atoms with van der Waals surface area (Å²) in [5.41, 5.74) is 8.74. The number of hydrogen-bond acceptors (Lipinski definition) is 4. The van der Waals surface area contributed by atoms with E-state index in [-0.39, 0.29) is 11.9 Å². The van der Waals surface area contributed by atoms with Gasteiger partial charge in [0.15, 0.2) is 0 Å². The van der Waals surface area contributed by atoms with E-state index >= 15 is 0 Å². The SMILES string of the molecule is NC(c1ccsc1)c1ccc2c(c1)C(=O)NCCO2. The van der Waals surface area contributed by atoms with Gasteiger partial charge in [0.2, 0.25) is 0 Å². The van der Waals surface area contributed by atoms with Gasteiger partial charge in [0.1, 0.15) is 12.4 Å². The normalized spacial score (nSPS) is 15.9. The highest BCUT2D eigenvalue weighted by molar-refractivity contribution is 7.08. The third kappa shape index (κ3) is 2.34. The van der Waals surface area contributed by atoms with Gasteiger partial charge in [0.25, 0.3) is 5.91 Å². The summed E-state index contributed by atoms with van der Waals surface area (Å²) in [5, 5.41) is 6.81. The lowest BCUT2D eigenvalue weighted by atomic mass is 9.99. The molecule has 98 valence electrons. The first-order valence-electron chi connectivity index (χ1n) is 6.08. The molecule has 4 nitrogen and oxygen atoms in total. The van der Waals surface area contributed by atoms with Crippen molar-refractivity contribution in [2.75, 3.05) is 13.2 Å². The van der Waals surface area contributed by atoms with Crippen molar-refractivity contribution in [2.45, 2.75) is 6.04 Å². The average Bonchev–Trinajstić information content (AvgIpc) is 2.90. The molecule has 1 atom stereocenters. The van der Waals surface area contributed by atoms with Crippen LogP contribution in [0.3, 0.4) is 0 Å². The molecular weight excluding hydrogens is 260 g/mol. The summed E-state index contributed by atoms with van der Waals surface area (Å²) >= 11 is 1.61. The monoisotopic (exact) mass is 274 g/mol. The van der Waals surface area contributed by atoms with Crippen LogP contribution in [-0.4, -0.2) is 19.1 Å². The zero-order chi connectivity index (χ0) is 13.2. The van der Waals surface area contributed by atoms with Gasteiger partial charge in [-0.3, -0.25) is 4.79 Å². The Morgan fingerprint density at radius 1 is 1.32 bits per heavy atom. The van der Waals surface area contributed by atoms with Crippen LogP contribution >= 0.6 is 11.3 Å². The van der Waals surface area contributed by atoms with Gasteiger partial charge in [0, 0.05) is 0 Å². The molecule has 2 heterocycles. The van der Waals surface area contributed by atoms with Crippen LogP contribution in [0.2, 0.25) is 0 Å². The van der Waals surface area contributed by atoms with E-state index < -0.39 is 0 Å². The van der Waals surface area contributed by atoms with E-state index in [0.29, 0.717) is 24.5 Å². The summed E-state index contributed by atoms with van der Waals surface area (Å²) in [7, 11) is 0. The molecule has 1 aliphatic heterocycles. The maximum absolute atomic E-state index is 11.9. The fraction of sp³-hybridized carbons (Fsp3) is 0.214. The van der Waals surface area contributed by atoms with Crippen LogP contribution in [0.5, 0.6) is 5.75 Å². The Bertz CT molecular complexity index is 595. The van der Waals surface area contributed by atoms with Gasteiger partial charge in [-0.1, -0.05) is 6.07 Å². The fourth-order valence-electron chi connectivity index (χ4n) is 2.11. The van der Waals surface area contributed by atoms with Gasteiger partial charge in [-0.25, -0.2) is 0 Å². The molecule has 0 fully saturated rings. The van der Waals surface area contributed by atoms with Gasteiger partial charge in [-0.2, -0.15) is 11.3 Å². The number of amides is 1. The topological polar surface area (TPSA) is 64.4 Å². The van der Waals surface area contributed by atoms with Crippen LogP contribution in [0, 0.1) is 0 Å². The molecule has 1 aromatic carbocycles. The lowest BCUT2D eigenvalue weighted by molar-refractivity contribution is 0.0957. The zero-order valence-electron chi connectivity index (χ0n) is 10.3. The Morgan fingerprint density at radius 3 is 3.00 bits per heavy atom. The highest BCUT2D eigenvalue weighted by Crippen LogP contribution is 2.27. The Labute approximate surface area is 115 Å². The number of ether oxygens (including phenoxy) is 1. The number of hydrogen-bond donors (Lipinski definition) is 2. The number of nitrogens with two attached hydrogens (primary N) is 1. The van der Waals surface area contributed by atoms with Crippen molar-refractivity contribution < 1.29 is 9.53 Å². The molecule has 0 aliphatic carbocycles. The van der Waals surface area contributed by atoms with E-state index in [4.69, 9.17) is 10.5 Å². The molecule has 1 unspecified atom stereocenters. The molecule has 2 aromatic rings. The predicted octanol–water partition coefficient (Wildman–Crippen LogP) is 1.92. The molecule has 0 spiro atoms. The molecule has 1 amide bonds. The number of carbonyl (C=O) groups excluding carboxylic acids is 1. The Kier molecular flexibility index (Phi) is 3.23. The summed E-state index contributed by atoms with van der Waals surface area (Å²) in [4.78, 5) is 11.9. The summed E-state index contributed by atoms with van der Waals surface area (Å²) in [6, 6.07) is 7.34. The lowest BCUT2D eigenvalue weighted by Crippen LogP contribution is -2.24. The molecule has 19 heavy (non-hydrogen) atoms. The van der Waals surface area contributed by atoms with Crippen LogP contribution in [0.25, 0.3) is 0 Å². The van der Waals surface area contributed by atoms with Gasteiger partial charge in [-0.15, -0.1) is 0 Å². The Balaban J connectivity index is 1.98. The van der Waals surface area contributed by atoms with Crippen LogP contribution in [-0.2, 0) is 0 Å². The molecule has 0 saturated heterocycles. The van der Waals surface area contributed by atoms with E-state index in [0.717, 1.165) is 11.1 Å². The molecule has 1 aliphatic rings. The number of carbonyl (C=O) groups is 1. The van der Waals surface area contributed by atoms with E-state index in [1.54, 1.807) is 11.3 Å². The fourth-order valence-corrected chi connectivity index (χ4v) is 2.81. The summed E-state index contributed by atoms with van der Waals surface area (Å²) in [6.07, 6.45) is 0. The molecule has 5 heteroatoms. The highest BCUT2D eigenvalue weighted by atomic mass is 32.1. The van der Waals surface area contributed by atoms with E-state index in [2.05, 4.69) is 5.32 Å². The van der Waals surface area contributed by atoms with E-state index in [1.807, 2.05) is 35.0 Å². The standard InChI is InChI=1S/C14H14N2O2S/c15-13(10-3-6-19-8-10)9-1-2-12-11(7-9)14(17)16-4-5-18-12/h1-3,6-8,13H,4-5,15H2,(H,16,17). The summed E-state index contributed by atoms with van der Waals surface area (Å²) < 4.78 is 5.52. The largest absolute Gasteiger partial charge is 0.491 e. The highest BCUT2D eigenvalue weighted by Gasteiger charge is 2.19. The number of nitrogens with one attached hydrogen (secondary N) is 1. The summed E-state index contributed by atoms with van der Waals surface area (Å²) in [6.45, 7) is 1.02. The maximum Gasteiger partial charge on any atom is 0.255 e. The second kappa shape index (κ2) is 5.03. The van der Waals surface area contributed by atoms with Crippen molar-refractivity contribution in [2.24, 2.45) is 5.73 Å². The first-order chi connectivity index (χ1) is 9.25. The first-order valence-corrected chi connectivity index (χ1v) is 7.02. The van der Waals surface area contributed by atoms with Crippen LogP contribution in [0.15, 0.2) is 35.0 Å². The van der Waals surface area contributed by atoms with Crippen LogP contribution in [0.4, 0.5) is 0 Å². The molecule has 0 bridgehead atoms. The number of fused-ring (bicyclic) bond motifs is 1. The van der Waals surface area contributed by atoms with Crippen molar-refractivity contribution in [3.63, 3.8) is 0 Å². The van der Waals surface area contributed by atoms with E-state index in [1.165, 1.54) is 0 Å². The lowest BCUT2D eigenvalue weighted by Gasteiger charge is -2.13. The van der Waals surface area contributed by atoms with Crippen molar-refractivity contribution >= 4 is 17.2 Å². The molecule has 1 aromatic heterocycles. The zero-order valence-corrected chi connectivity index (χ0v) is 11.1. The van der Waals surface area contributed by atoms with Crippen LogP contribution < -0.4 is 15.8 Å². The quantitative estimate of drug-likeness (QED) is 0.879. The van der Waals surface area contributed by atoms with Gasteiger partial charge >= 0.3 is 0 Å². The van der Waals surface area contributed by atoms with Gasteiger partial charge in [-0.05, 0) is 40.1 Å². The van der Waals surface area contributed by atoms with Crippen LogP contribution in [0.1, 0.15) is 27.5 Å². The molecular formula is C14H14N2O2S. The Hall–Kier alpha value is -1.85. The molecule has 3 rings (SSSR count). The molecule has 0 radical (unpaired) electrons. The summed E-state index contributed by atoms with van der Waals surface area (Å²) in [5.74, 6) is 0.517. The number of rotatable bonds is 2. The minimum atomic E-state index is -0.215. The van der Waals surface area contributed by atoms with Crippen molar-refractivity contribution in [3.8, 4) is 5.75 Å². The molecule has 0 saturated carbocycles. The third-order valence-corrected chi connectivity index (χ3v) is 3.86. The molecule has 3 N–H and O–H groups in total. The Morgan fingerprint density at radius 2 is 2.21 bits per heavy atom. The minimum absolute atomic E-state index is 0.105. The van der Waals surface area contributed by atoms with Crippen molar-refractivity contribution in [3.05, 3.63) is 51.7 Å². The predicted molar refractivity (Wildman–Crippen MR) is 74.6 cm³/mol. The minimum Gasteiger partial charge on any atom is -0.491 e. The second-order valence-electron chi connectivity index (χ2n) is 4.39. The third-order valence-electron chi connectivity index (χ3n) is 3.15. The maximum atomic E-state index is 11.9. The van der Waals surface area contributed by atoms with Gasteiger partial charge < -0.3 is 15.8 Å². The smallest absolute Gasteiger partial charge is 0.255 e. The van der Waals surface area contributed by atoms with Crippen molar-refractivity contribution in [1.29, 1.82) is 0 Å². The number of benzene rings is 1. The van der Waals surface area contributed by atoms with Gasteiger partial charge in [0.05, 0.1) is 18.2 Å². The van der Waals surface area contributed by atoms with Crippen molar-refractivity contribution in [1.82, 2.24) is 5.32 Å². The van der Waals surface area contributed by atoms with E-state index in [9.17, 15) is 4.79 Å². The average molecular weight is 274 g/mol.